The van der Waals surface area contributed by atoms with Crippen molar-refractivity contribution in [2.75, 3.05) is 20.1 Å². The van der Waals surface area contributed by atoms with Gasteiger partial charge in [0.15, 0.2) is 5.96 Å². The van der Waals surface area contributed by atoms with Crippen molar-refractivity contribution in [1.82, 2.24) is 25.2 Å². The van der Waals surface area contributed by atoms with Crippen molar-refractivity contribution in [2.45, 2.75) is 19.4 Å². The molecule has 2 aromatic carbocycles. The lowest BCUT2D eigenvalue weighted by molar-refractivity contribution is 0.640. The Morgan fingerprint density at radius 3 is 2.69 bits per heavy atom. The summed E-state index contributed by atoms with van der Waals surface area (Å²) in [5.74, 6) is 1.82. The van der Waals surface area contributed by atoms with Crippen LogP contribution in [0.1, 0.15) is 12.2 Å². The summed E-state index contributed by atoms with van der Waals surface area (Å²) >= 11 is 0. The lowest BCUT2D eigenvalue weighted by atomic mass is 10.2. The maximum atomic E-state index is 4.61. The van der Waals surface area contributed by atoms with Gasteiger partial charge in [0, 0.05) is 44.8 Å². The van der Waals surface area contributed by atoms with Gasteiger partial charge in [-0.1, -0.05) is 30.3 Å². The molecule has 4 rings (SSSR count). The minimum absolute atomic E-state index is 0. The van der Waals surface area contributed by atoms with Crippen LogP contribution in [0.15, 0.2) is 65.8 Å². The number of H-pyrrole nitrogens is 1. The first kappa shape index (κ1) is 21.2. The summed E-state index contributed by atoms with van der Waals surface area (Å²) in [6, 6.07) is 18.8. The highest BCUT2D eigenvalue weighted by atomic mass is 127. The SMILES string of the molecule is CN=C(NCCCn1ccc2ccccc21)NCCc1nc2ccccc2[nH]1.I. The van der Waals surface area contributed by atoms with E-state index in [2.05, 4.69) is 66.7 Å². The molecule has 4 aromatic rings. The van der Waals surface area contributed by atoms with Crippen LogP contribution in [-0.2, 0) is 13.0 Å². The fraction of sp³-hybridized carbons (Fsp3) is 0.273. The van der Waals surface area contributed by atoms with Gasteiger partial charge in [0.1, 0.15) is 5.82 Å². The van der Waals surface area contributed by atoms with Crippen molar-refractivity contribution >= 4 is 51.9 Å². The zero-order valence-corrected chi connectivity index (χ0v) is 18.9. The number of nitrogens with zero attached hydrogens (tertiary/aromatic N) is 3. The smallest absolute Gasteiger partial charge is 0.190 e. The van der Waals surface area contributed by atoms with Crippen LogP contribution in [0.2, 0.25) is 0 Å². The second-order valence-electron chi connectivity index (χ2n) is 6.80. The monoisotopic (exact) mass is 502 g/mol. The molecule has 0 amide bonds. The number of aromatic nitrogens is 3. The minimum Gasteiger partial charge on any atom is -0.356 e. The third-order valence-electron chi connectivity index (χ3n) is 4.86. The van der Waals surface area contributed by atoms with Gasteiger partial charge in [0.05, 0.1) is 11.0 Å². The van der Waals surface area contributed by atoms with E-state index >= 15 is 0 Å². The maximum absolute atomic E-state index is 4.61. The van der Waals surface area contributed by atoms with Gasteiger partial charge in [-0.05, 0) is 36.1 Å². The number of para-hydroxylation sites is 3. The Kier molecular flexibility index (Phi) is 7.51. The van der Waals surface area contributed by atoms with Gasteiger partial charge >= 0.3 is 0 Å². The Bertz CT molecular complexity index is 1050. The van der Waals surface area contributed by atoms with Gasteiger partial charge in [-0.2, -0.15) is 0 Å². The Morgan fingerprint density at radius 1 is 1.03 bits per heavy atom. The van der Waals surface area contributed by atoms with E-state index in [1.165, 1.54) is 10.9 Å². The summed E-state index contributed by atoms with van der Waals surface area (Å²) in [5.41, 5.74) is 3.38. The molecular weight excluding hydrogens is 475 g/mol. The average Bonchev–Trinajstić information content (AvgIpc) is 3.33. The number of fused-ring (bicyclic) bond motifs is 2. The quantitative estimate of drug-likeness (QED) is 0.155. The van der Waals surface area contributed by atoms with Crippen molar-refractivity contribution in [2.24, 2.45) is 4.99 Å². The molecule has 152 valence electrons. The second-order valence-corrected chi connectivity index (χ2v) is 6.80. The summed E-state index contributed by atoms with van der Waals surface area (Å²) in [5, 5.41) is 8.04. The average molecular weight is 502 g/mol. The number of aromatic amines is 1. The van der Waals surface area contributed by atoms with Crippen LogP contribution in [0.5, 0.6) is 0 Å². The molecular formula is C22H27IN6. The first-order valence-electron chi connectivity index (χ1n) is 9.75. The fourth-order valence-electron chi connectivity index (χ4n) is 3.44. The molecule has 3 N–H and O–H groups in total. The van der Waals surface area contributed by atoms with E-state index in [4.69, 9.17) is 0 Å². The molecule has 0 spiro atoms. The zero-order valence-electron chi connectivity index (χ0n) is 16.6. The summed E-state index contributed by atoms with van der Waals surface area (Å²) in [7, 11) is 1.80. The Morgan fingerprint density at radius 2 is 1.83 bits per heavy atom. The molecule has 0 aliphatic rings. The second kappa shape index (κ2) is 10.3. The summed E-state index contributed by atoms with van der Waals surface area (Å²) in [4.78, 5) is 12.3. The minimum atomic E-state index is 0. The van der Waals surface area contributed by atoms with Gasteiger partial charge in [-0.3, -0.25) is 4.99 Å². The van der Waals surface area contributed by atoms with E-state index in [0.717, 1.165) is 55.3 Å². The van der Waals surface area contributed by atoms with E-state index in [9.17, 15) is 0 Å². The van der Waals surface area contributed by atoms with Gasteiger partial charge in [-0.25, -0.2) is 4.98 Å². The van der Waals surface area contributed by atoms with E-state index < -0.39 is 0 Å². The summed E-state index contributed by atoms with van der Waals surface area (Å²) < 4.78 is 2.30. The molecule has 2 heterocycles. The number of benzene rings is 2. The topological polar surface area (TPSA) is 70.0 Å². The number of aryl methyl sites for hydroxylation is 1. The Hall–Kier alpha value is -2.55. The van der Waals surface area contributed by atoms with Crippen molar-refractivity contribution in [3.63, 3.8) is 0 Å². The third kappa shape index (κ3) is 5.29. The van der Waals surface area contributed by atoms with Gasteiger partial charge in [-0.15, -0.1) is 24.0 Å². The van der Waals surface area contributed by atoms with Crippen molar-refractivity contribution in [3.05, 3.63) is 66.6 Å². The van der Waals surface area contributed by atoms with Crippen LogP contribution in [0, 0.1) is 0 Å². The number of hydrogen-bond donors (Lipinski definition) is 3. The molecule has 6 nitrogen and oxygen atoms in total. The predicted octanol–water partition coefficient (Wildman–Crippen LogP) is 3.93. The molecule has 0 saturated carbocycles. The molecule has 0 aliphatic carbocycles. The van der Waals surface area contributed by atoms with E-state index in [1.807, 2.05) is 24.3 Å². The predicted molar refractivity (Wildman–Crippen MR) is 131 cm³/mol. The number of rotatable bonds is 7. The molecule has 0 unspecified atom stereocenters. The fourth-order valence-corrected chi connectivity index (χ4v) is 3.44. The Balaban J connectivity index is 0.00000240. The highest BCUT2D eigenvalue weighted by Gasteiger charge is 2.03. The first-order valence-corrected chi connectivity index (χ1v) is 9.75. The highest BCUT2D eigenvalue weighted by molar-refractivity contribution is 14.0. The maximum Gasteiger partial charge on any atom is 0.190 e. The molecule has 0 atom stereocenters. The molecule has 0 radical (unpaired) electrons. The number of aliphatic imine (C=N–C) groups is 1. The highest BCUT2D eigenvalue weighted by Crippen LogP contribution is 2.15. The third-order valence-corrected chi connectivity index (χ3v) is 4.86. The molecule has 7 heteroatoms. The molecule has 29 heavy (non-hydrogen) atoms. The number of imidazole rings is 1. The van der Waals surface area contributed by atoms with Crippen LogP contribution < -0.4 is 10.6 Å². The van der Waals surface area contributed by atoms with Crippen molar-refractivity contribution in [1.29, 1.82) is 0 Å². The summed E-state index contributed by atoms with van der Waals surface area (Å²) in [6.45, 7) is 2.63. The van der Waals surface area contributed by atoms with E-state index in [-0.39, 0.29) is 24.0 Å². The number of hydrogen-bond acceptors (Lipinski definition) is 2. The standard InChI is InChI=1S/C22H26N6.HI/c1-23-22(25-14-11-21-26-18-8-3-4-9-19(18)27-21)24-13-6-15-28-16-12-17-7-2-5-10-20(17)28;/h2-5,7-10,12,16H,6,11,13-15H2,1H3,(H,26,27)(H2,23,24,25);1H. The van der Waals surface area contributed by atoms with E-state index in [0.29, 0.717) is 0 Å². The number of halogens is 1. The number of guanidine groups is 1. The normalized spacial score (nSPS) is 11.6. The van der Waals surface area contributed by atoms with Crippen LogP contribution >= 0.6 is 24.0 Å². The number of nitrogens with one attached hydrogen (secondary N) is 3. The van der Waals surface area contributed by atoms with Crippen LogP contribution in [-0.4, -0.2) is 40.6 Å². The van der Waals surface area contributed by atoms with Crippen molar-refractivity contribution < 1.29 is 0 Å². The molecule has 0 bridgehead atoms. The Labute approximate surface area is 187 Å². The molecule has 2 aromatic heterocycles. The van der Waals surface area contributed by atoms with Gasteiger partial charge in [0.2, 0.25) is 0 Å². The lowest BCUT2D eigenvalue weighted by Crippen LogP contribution is -2.39. The molecule has 0 aliphatic heterocycles. The molecule has 0 fully saturated rings. The zero-order chi connectivity index (χ0) is 19.2. The van der Waals surface area contributed by atoms with Gasteiger partial charge in [0.25, 0.3) is 0 Å². The van der Waals surface area contributed by atoms with E-state index in [1.54, 1.807) is 7.05 Å². The summed E-state index contributed by atoms with van der Waals surface area (Å²) in [6.07, 6.45) is 4.01. The lowest BCUT2D eigenvalue weighted by Gasteiger charge is -2.12. The largest absolute Gasteiger partial charge is 0.356 e. The van der Waals surface area contributed by atoms with Crippen LogP contribution in [0.25, 0.3) is 21.9 Å². The van der Waals surface area contributed by atoms with Crippen LogP contribution in [0.3, 0.4) is 0 Å². The first-order chi connectivity index (χ1) is 13.8. The molecule has 0 saturated heterocycles. The van der Waals surface area contributed by atoms with Crippen molar-refractivity contribution in [3.8, 4) is 0 Å². The van der Waals surface area contributed by atoms with Crippen LogP contribution in [0.4, 0.5) is 0 Å². The van der Waals surface area contributed by atoms with Gasteiger partial charge < -0.3 is 20.2 Å².